The third kappa shape index (κ3) is 3.45. The van der Waals surface area contributed by atoms with Crippen LogP contribution in [-0.2, 0) is 16.7 Å². The highest BCUT2D eigenvalue weighted by molar-refractivity contribution is 7.71. The minimum atomic E-state index is -0.287. The van der Waals surface area contributed by atoms with Crippen LogP contribution in [0.15, 0.2) is 15.3 Å². The predicted octanol–water partition coefficient (Wildman–Crippen LogP) is 1.90. The van der Waals surface area contributed by atoms with Crippen LogP contribution < -0.4 is 5.56 Å². The number of nitrogens with one attached hydrogen (secondary N) is 1. The molecule has 2 heterocycles. The van der Waals surface area contributed by atoms with Gasteiger partial charge in [-0.05, 0) is 18.3 Å². The van der Waals surface area contributed by atoms with Crippen LogP contribution in [0, 0.1) is 4.84 Å². The first-order chi connectivity index (χ1) is 9.82. The number of hydrogen-bond acceptors (Lipinski definition) is 6. The number of ether oxygens (including phenoxy) is 1. The highest BCUT2D eigenvalue weighted by Crippen LogP contribution is 2.22. The molecule has 1 N–H and O–H groups in total. The van der Waals surface area contributed by atoms with Gasteiger partial charge in [0.15, 0.2) is 0 Å². The van der Waals surface area contributed by atoms with Crippen LogP contribution in [0.1, 0.15) is 26.5 Å². The molecule has 2 aromatic rings. The fourth-order valence-corrected chi connectivity index (χ4v) is 1.86. The number of methoxy groups -OCH3 is 1. The summed E-state index contributed by atoms with van der Waals surface area (Å²) in [5.74, 6) is 0.170. The second-order valence-electron chi connectivity index (χ2n) is 5.63. The summed E-state index contributed by atoms with van der Waals surface area (Å²) in [5.41, 5.74) is 0.589. The third-order valence-electron chi connectivity index (χ3n) is 2.92. The molecule has 0 unspecified atom stereocenters. The molecule has 2 aromatic heterocycles. The van der Waals surface area contributed by atoms with Gasteiger partial charge in [0.25, 0.3) is 16.3 Å². The molecule has 21 heavy (non-hydrogen) atoms. The van der Waals surface area contributed by atoms with E-state index in [1.165, 1.54) is 4.68 Å². The average Bonchev–Trinajstić information content (AvgIpc) is 2.82. The summed E-state index contributed by atoms with van der Waals surface area (Å²) >= 11 is 4.86. The average molecular weight is 310 g/mol. The predicted molar refractivity (Wildman–Crippen MR) is 79.8 cm³/mol. The van der Waals surface area contributed by atoms with E-state index in [9.17, 15) is 4.79 Å². The first-order valence-electron chi connectivity index (χ1n) is 6.50. The van der Waals surface area contributed by atoms with Crippen molar-refractivity contribution in [3.8, 4) is 11.5 Å². The molecule has 0 radical (unpaired) electrons. The summed E-state index contributed by atoms with van der Waals surface area (Å²) in [6.45, 7) is 6.81. The molecule has 0 atom stereocenters. The van der Waals surface area contributed by atoms with Gasteiger partial charge in [-0.15, -0.1) is 5.10 Å². The topological polar surface area (TPSA) is 85.9 Å². The first-order valence-corrected chi connectivity index (χ1v) is 6.91. The lowest BCUT2D eigenvalue weighted by Crippen LogP contribution is -2.30. The molecule has 0 aliphatic heterocycles. The first kappa shape index (κ1) is 15.6. The molecular weight excluding hydrogens is 292 g/mol. The summed E-state index contributed by atoms with van der Waals surface area (Å²) < 4.78 is 11.6. The van der Waals surface area contributed by atoms with Gasteiger partial charge in [-0.1, -0.05) is 20.8 Å². The van der Waals surface area contributed by atoms with E-state index in [2.05, 4.69) is 15.3 Å². The summed E-state index contributed by atoms with van der Waals surface area (Å²) in [6.07, 6.45) is 0. The van der Waals surface area contributed by atoms with Gasteiger partial charge >= 0.3 is 0 Å². The smallest absolute Gasteiger partial charge is 0.284 e. The van der Waals surface area contributed by atoms with Crippen LogP contribution in [-0.4, -0.2) is 33.7 Å². The van der Waals surface area contributed by atoms with Crippen LogP contribution in [0.25, 0.3) is 11.5 Å². The molecule has 8 heteroatoms. The fourth-order valence-electron chi connectivity index (χ4n) is 1.74. The normalized spacial score (nSPS) is 11.8. The van der Waals surface area contributed by atoms with E-state index < -0.39 is 0 Å². The third-order valence-corrected chi connectivity index (χ3v) is 3.09. The molecule has 0 saturated carbocycles. The number of aromatic nitrogens is 4. The fraction of sp³-hybridized carbons (Fsp3) is 0.538. The van der Waals surface area contributed by atoms with Crippen LogP contribution in [0.4, 0.5) is 0 Å². The van der Waals surface area contributed by atoms with Crippen molar-refractivity contribution in [1.29, 1.82) is 0 Å². The van der Waals surface area contributed by atoms with E-state index >= 15 is 0 Å². The highest BCUT2D eigenvalue weighted by Gasteiger charge is 2.21. The van der Waals surface area contributed by atoms with Gasteiger partial charge in [0, 0.05) is 12.5 Å². The highest BCUT2D eigenvalue weighted by atomic mass is 32.1. The van der Waals surface area contributed by atoms with Crippen molar-refractivity contribution in [2.75, 3.05) is 13.7 Å². The van der Waals surface area contributed by atoms with E-state index in [-0.39, 0.29) is 21.7 Å². The zero-order chi connectivity index (χ0) is 15.6. The van der Waals surface area contributed by atoms with Gasteiger partial charge in [-0.2, -0.15) is 5.10 Å². The van der Waals surface area contributed by atoms with Gasteiger partial charge in [0.1, 0.15) is 5.56 Å². The molecule has 0 aliphatic carbocycles. The molecule has 0 bridgehead atoms. The monoisotopic (exact) mass is 310 g/mol. The number of H-pyrrole nitrogens is 1. The van der Waals surface area contributed by atoms with Gasteiger partial charge in [-0.3, -0.25) is 4.79 Å². The van der Waals surface area contributed by atoms with Gasteiger partial charge in [0.05, 0.1) is 18.8 Å². The Labute approximate surface area is 126 Å². The van der Waals surface area contributed by atoms with Crippen molar-refractivity contribution >= 4 is 12.2 Å². The lowest BCUT2D eigenvalue weighted by Gasteiger charge is -2.19. The number of nitrogens with zero attached hydrogens (tertiary/aromatic N) is 3. The Bertz CT molecular complexity index is 739. The Hall–Kier alpha value is -1.80. The summed E-state index contributed by atoms with van der Waals surface area (Å²) in [7, 11) is 1.58. The maximum Gasteiger partial charge on any atom is 0.284 e. The minimum Gasteiger partial charge on any atom is -0.409 e. The Morgan fingerprint density at radius 2 is 2.19 bits per heavy atom. The molecule has 7 nitrogen and oxygen atoms in total. The summed E-state index contributed by atoms with van der Waals surface area (Å²) in [4.78, 5) is 12.6. The van der Waals surface area contributed by atoms with Crippen molar-refractivity contribution in [1.82, 2.24) is 20.0 Å². The van der Waals surface area contributed by atoms with Gasteiger partial charge in [0.2, 0.25) is 0 Å². The lowest BCUT2D eigenvalue weighted by atomic mass is 9.91. The molecule has 0 fully saturated rings. The SMILES string of the molecule is COCCn1nc(C(C)(C)C)cc(-c2n[nH]c(=S)o2)c1=O. The molecule has 0 aliphatic rings. The minimum absolute atomic E-state index is 0.127. The quantitative estimate of drug-likeness (QED) is 0.868. The molecular formula is C13H18N4O3S. The molecule has 0 amide bonds. The Balaban J connectivity index is 2.63. The van der Waals surface area contributed by atoms with Crippen LogP contribution in [0.2, 0.25) is 0 Å². The van der Waals surface area contributed by atoms with E-state index in [1.807, 2.05) is 20.8 Å². The van der Waals surface area contributed by atoms with Crippen molar-refractivity contribution in [3.05, 3.63) is 27.0 Å². The maximum atomic E-state index is 12.5. The van der Waals surface area contributed by atoms with Gasteiger partial charge in [-0.25, -0.2) is 9.78 Å². The second kappa shape index (κ2) is 5.90. The van der Waals surface area contributed by atoms with E-state index in [0.717, 1.165) is 5.69 Å². The Morgan fingerprint density at radius 3 is 2.71 bits per heavy atom. The molecule has 0 aromatic carbocycles. The molecule has 2 rings (SSSR count). The molecule has 0 saturated heterocycles. The lowest BCUT2D eigenvalue weighted by molar-refractivity contribution is 0.181. The van der Waals surface area contributed by atoms with Crippen molar-refractivity contribution in [2.45, 2.75) is 32.7 Å². The Morgan fingerprint density at radius 1 is 1.48 bits per heavy atom. The van der Waals surface area contributed by atoms with E-state index in [0.29, 0.717) is 18.7 Å². The zero-order valence-electron chi connectivity index (χ0n) is 12.5. The van der Waals surface area contributed by atoms with Crippen molar-refractivity contribution in [3.63, 3.8) is 0 Å². The Kier molecular flexibility index (Phi) is 4.38. The van der Waals surface area contributed by atoms with E-state index in [1.54, 1.807) is 13.2 Å². The van der Waals surface area contributed by atoms with Crippen LogP contribution in [0.3, 0.4) is 0 Å². The maximum absolute atomic E-state index is 12.5. The van der Waals surface area contributed by atoms with Crippen LogP contribution in [0.5, 0.6) is 0 Å². The summed E-state index contributed by atoms with van der Waals surface area (Å²) in [5, 5.41) is 10.8. The zero-order valence-corrected chi connectivity index (χ0v) is 13.3. The summed E-state index contributed by atoms with van der Waals surface area (Å²) in [6, 6.07) is 1.69. The molecule has 0 spiro atoms. The standard InChI is InChI=1S/C13H18N4O3S/c1-13(2,3)9-7-8(10-14-15-12(21)20-10)11(18)17(16-9)5-6-19-4/h7H,5-6H2,1-4H3,(H,15,21). The number of aromatic amines is 1. The van der Waals surface area contributed by atoms with Gasteiger partial charge < -0.3 is 9.15 Å². The second-order valence-corrected chi connectivity index (χ2v) is 6.00. The molecule has 114 valence electrons. The van der Waals surface area contributed by atoms with Crippen LogP contribution >= 0.6 is 12.2 Å². The largest absolute Gasteiger partial charge is 0.409 e. The number of rotatable bonds is 4. The van der Waals surface area contributed by atoms with Crippen molar-refractivity contribution < 1.29 is 9.15 Å². The van der Waals surface area contributed by atoms with E-state index in [4.69, 9.17) is 21.4 Å². The number of hydrogen-bond donors (Lipinski definition) is 1. The van der Waals surface area contributed by atoms with Crippen molar-refractivity contribution in [2.24, 2.45) is 0 Å².